The molecule has 0 amide bonds. The van der Waals surface area contributed by atoms with Crippen molar-refractivity contribution >= 4 is 21.7 Å². The van der Waals surface area contributed by atoms with Gasteiger partial charge in [-0.3, -0.25) is 4.55 Å². The van der Waals surface area contributed by atoms with Crippen molar-refractivity contribution in [3.05, 3.63) is 29.3 Å². The first-order valence-electron chi connectivity index (χ1n) is 2.65. The fraction of sp³-hybridized carbons (Fsp3) is 0. The van der Waals surface area contributed by atoms with Gasteiger partial charge in [-0.25, -0.2) is 0 Å². The van der Waals surface area contributed by atoms with Gasteiger partial charge in [0.2, 0.25) is 0 Å². The highest BCUT2D eigenvalue weighted by Gasteiger charge is 2.07. The normalized spacial score (nSPS) is 11.5. The summed E-state index contributed by atoms with van der Waals surface area (Å²) in [6, 6.07) is 6.08. The zero-order valence-electron chi connectivity index (χ0n) is 5.28. The minimum Gasteiger partial charge on any atom is -0.282 e. The van der Waals surface area contributed by atoms with E-state index in [1.165, 1.54) is 12.1 Å². The Morgan fingerprint density at radius 1 is 1.45 bits per heavy atom. The van der Waals surface area contributed by atoms with E-state index in [2.05, 4.69) is 6.07 Å². The van der Waals surface area contributed by atoms with E-state index in [-0.39, 0.29) is 4.90 Å². The fourth-order valence-corrected chi connectivity index (χ4v) is 1.12. The van der Waals surface area contributed by atoms with Crippen LogP contribution >= 0.6 is 11.6 Å². The van der Waals surface area contributed by atoms with Gasteiger partial charge in [0.05, 0.1) is 4.90 Å². The van der Waals surface area contributed by atoms with Gasteiger partial charge in [0.1, 0.15) is 0 Å². The molecule has 3 nitrogen and oxygen atoms in total. The molecule has 1 radical (unpaired) electrons. The number of halogens is 1. The molecule has 0 unspecified atom stereocenters. The number of hydrogen-bond donors (Lipinski definition) is 1. The van der Waals surface area contributed by atoms with Gasteiger partial charge >= 0.3 is 0 Å². The van der Waals surface area contributed by atoms with Gasteiger partial charge in [-0.05, 0) is 18.2 Å². The zero-order valence-corrected chi connectivity index (χ0v) is 6.85. The lowest BCUT2D eigenvalue weighted by atomic mass is 10.4. The molecular weight excluding hydrogens is 188 g/mol. The number of benzene rings is 1. The van der Waals surface area contributed by atoms with E-state index in [1.807, 2.05) is 0 Å². The molecule has 59 valence electrons. The van der Waals surface area contributed by atoms with Gasteiger partial charge in [0, 0.05) is 11.1 Å². The van der Waals surface area contributed by atoms with Crippen LogP contribution in [0.5, 0.6) is 0 Å². The maximum absolute atomic E-state index is 10.4. The number of rotatable bonds is 1. The van der Waals surface area contributed by atoms with Crippen LogP contribution < -0.4 is 0 Å². The summed E-state index contributed by atoms with van der Waals surface area (Å²) in [7, 11) is -4.11. The Hall–Kier alpha value is -0.580. The Bertz CT molecular complexity index is 341. The molecule has 5 heteroatoms. The molecule has 1 rings (SSSR count). The van der Waals surface area contributed by atoms with Crippen molar-refractivity contribution in [3.8, 4) is 0 Å². The average molecular weight is 192 g/mol. The van der Waals surface area contributed by atoms with Gasteiger partial charge in [-0.1, -0.05) is 11.6 Å². The third kappa shape index (κ3) is 2.18. The maximum Gasteiger partial charge on any atom is 0.294 e. The SMILES string of the molecule is O=S(=O)(O)c1c[c]c(Cl)cc1. The van der Waals surface area contributed by atoms with E-state index < -0.39 is 10.1 Å². The summed E-state index contributed by atoms with van der Waals surface area (Å²) in [5, 5.41) is 0.303. The van der Waals surface area contributed by atoms with Crippen LogP contribution in [0.2, 0.25) is 5.02 Å². The molecular formula is C6H4ClO3S. The molecule has 0 aromatic heterocycles. The van der Waals surface area contributed by atoms with Crippen LogP contribution in [0, 0.1) is 6.07 Å². The summed E-state index contributed by atoms with van der Waals surface area (Å²) in [6.45, 7) is 0. The highest BCUT2D eigenvalue weighted by atomic mass is 35.5. The Labute approximate surface area is 69.4 Å². The highest BCUT2D eigenvalue weighted by molar-refractivity contribution is 7.85. The van der Waals surface area contributed by atoms with E-state index in [0.717, 1.165) is 6.07 Å². The fourth-order valence-electron chi connectivity index (χ4n) is 0.552. The standard InChI is InChI=1S/C6H4ClO3S/c7-5-1-3-6(4-2-5)11(8,9)10/h1,3-4H,(H,8,9,10). The lowest BCUT2D eigenvalue weighted by Crippen LogP contribution is -1.96. The summed E-state index contributed by atoms with van der Waals surface area (Å²) >= 11 is 5.43. The van der Waals surface area contributed by atoms with Crippen LogP contribution in [-0.4, -0.2) is 13.0 Å². The molecule has 0 fully saturated rings. The second-order valence-electron chi connectivity index (χ2n) is 1.85. The van der Waals surface area contributed by atoms with Crippen LogP contribution in [-0.2, 0) is 10.1 Å². The summed E-state index contributed by atoms with van der Waals surface area (Å²) in [4.78, 5) is -0.207. The van der Waals surface area contributed by atoms with Crippen LogP contribution in [0.3, 0.4) is 0 Å². The topological polar surface area (TPSA) is 54.4 Å². The van der Waals surface area contributed by atoms with Gasteiger partial charge in [-0.2, -0.15) is 8.42 Å². The van der Waals surface area contributed by atoms with Crippen molar-refractivity contribution in [2.24, 2.45) is 0 Å². The van der Waals surface area contributed by atoms with Crippen molar-refractivity contribution in [2.75, 3.05) is 0 Å². The molecule has 0 saturated carbocycles. The lowest BCUT2D eigenvalue weighted by Gasteiger charge is -1.94. The van der Waals surface area contributed by atoms with Crippen molar-refractivity contribution in [3.63, 3.8) is 0 Å². The van der Waals surface area contributed by atoms with Crippen LogP contribution in [0.25, 0.3) is 0 Å². The monoisotopic (exact) mass is 191 g/mol. The van der Waals surface area contributed by atoms with Gasteiger partial charge in [-0.15, -0.1) is 0 Å². The first kappa shape index (κ1) is 8.52. The predicted molar refractivity (Wildman–Crippen MR) is 40.1 cm³/mol. The first-order valence-corrected chi connectivity index (χ1v) is 4.47. The van der Waals surface area contributed by atoms with Gasteiger partial charge < -0.3 is 0 Å². The Morgan fingerprint density at radius 3 is 2.45 bits per heavy atom. The van der Waals surface area contributed by atoms with Crippen molar-refractivity contribution in [1.29, 1.82) is 0 Å². The highest BCUT2D eigenvalue weighted by Crippen LogP contribution is 2.12. The molecule has 0 bridgehead atoms. The van der Waals surface area contributed by atoms with Gasteiger partial charge in [0.25, 0.3) is 10.1 Å². The molecule has 1 N–H and O–H groups in total. The summed E-state index contributed by atoms with van der Waals surface area (Å²) in [6.07, 6.45) is 0. The molecule has 1 aromatic carbocycles. The van der Waals surface area contributed by atoms with Crippen molar-refractivity contribution in [1.82, 2.24) is 0 Å². The van der Waals surface area contributed by atoms with E-state index in [4.69, 9.17) is 16.2 Å². The lowest BCUT2D eigenvalue weighted by molar-refractivity contribution is 0.483. The smallest absolute Gasteiger partial charge is 0.282 e. The maximum atomic E-state index is 10.4. The third-order valence-corrected chi connectivity index (χ3v) is 2.13. The second kappa shape index (κ2) is 2.81. The first-order chi connectivity index (χ1) is 5.00. The van der Waals surface area contributed by atoms with E-state index in [9.17, 15) is 8.42 Å². The Morgan fingerprint density at radius 2 is 2.09 bits per heavy atom. The quantitative estimate of drug-likeness (QED) is 0.683. The van der Waals surface area contributed by atoms with Crippen LogP contribution in [0.4, 0.5) is 0 Å². The summed E-state index contributed by atoms with van der Waals surface area (Å²) < 4.78 is 29.4. The minimum absolute atomic E-state index is 0.207. The average Bonchev–Trinajstić information content (AvgIpc) is 1.86. The van der Waals surface area contributed by atoms with E-state index >= 15 is 0 Å². The molecule has 0 spiro atoms. The largest absolute Gasteiger partial charge is 0.294 e. The van der Waals surface area contributed by atoms with Crippen molar-refractivity contribution < 1.29 is 13.0 Å². The predicted octanol–water partition coefficient (Wildman–Crippen LogP) is 1.39. The van der Waals surface area contributed by atoms with Crippen LogP contribution in [0.15, 0.2) is 23.1 Å². The van der Waals surface area contributed by atoms with Gasteiger partial charge in [0.15, 0.2) is 0 Å². The summed E-state index contributed by atoms with van der Waals surface area (Å²) in [5.74, 6) is 0. The molecule has 11 heavy (non-hydrogen) atoms. The van der Waals surface area contributed by atoms with E-state index in [0.29, 0.717) is 5.02 Å². The zero-order chi connectivity index (χ0) is 8.48. The molecule has 0 aliphatic carbocycles. The molecule has 1 aromatic rings. The Kier molecular flexibility index (Phi) is 2.17. The molecule has 0 aliphatic rings. The second-order valence-corrected chi connectivity index (χ2v) is 3.68. The number of hydrogen-bond acceptors (Lipinski definition) is 2. The molecule has 0 saturated heterocycles. The Balaban J connectivity index is 3.20. The van der Waals surface area contributed by atoms with Crippen LogP contribution in [0.1, 0.15) is 0 Å². The summed E-state index contributed by atoms with van der Waals surface area (Å²) in [5.41, 5.74) is 0. The molecule has 0 atom stereocenters. The third-order valence-electron chi connectivity index (χ3n) is 1.04. The molecule has 0 aliphatic heterocycles. The minimum atomic E-state index is -4.11. The molecule has 0 heterocycles. The van der Waals surface area contributed by atoms with E-state index in [1.54, 1.807) is 0 Å². The van der Waals surface area contributed by atoms with Crippen molar-refractivity contribution in [2.45, 2.75) is 4.90 Å².